The third-order valence-electron chi connectivity index (χ3n) is 3.64. The van der Waals surface area contributed by atoms with Crippen LogP contribution in [0.2, 0.25) is 0 Å². The van der Waals surface area contributed by atoms with Crippen LogP contribution in [0.25, 0.3) is 0 Å². The minimum absolute atomic E-state index is 0.0719. The first-order valence-corrected chi connectivity index (χ1v) is 9.43. The number of nitrogens with one attached hydrogen (secondary N) is 1. The molecule has 0 aliphatic rings. The van der Waals surface area contributed by atoms with Crippen molar-refractivity contribution in [3.63, 3.8) is 0 Å². The van der Waals surface area contributed by atoms with Crippen molar-refractivity contribution in [1.82, 2.24) is 5.32 Å². The lowest BCUT2D eigenvalue weighted by Crippen LogP contribution is -2.30. The van der Waals surface area contributed by atoms with E-state index in [1.807, 2.05) is 30.3 Å². The van der Waals surface area contributed by atoms with Crippen LogP contribution < -0.4 is 5.32 Å². The zero-order valence-electron chi connectivity index (χ0n) is 14.8. The Kier molecular flexibility index (Phi) is 7.81. The molecule has 0 bridgehead atoms. The summed E-state index contributed by atoms with van der Waals surface area (Å²) in [4.78, 5) is 33.9. The zero-order valence-corrected chi connectivity index (χ0v) is 15.7. The van der Waals surface area contributed by atoms with E-state index in [-0.39, 0.29) is 17.2 Å². The van der Waals surface area contributed by atoms with Gasteiger partial charge in [0.1, 0.15) is 0 Å². The van der Waals surface area contributed by atoms with Gasteiger partial charge in [0.25, 0.3) is 11.6 Å². The normalized spacial score (nSPS) is 10.3. The molecule has 0 aliphatic heterocycles. The number of esters is 1. The van der Waals surface area contributed by atoms with Crippen LogP contribution >= 0.6 is 11.8 Å². The number of aryl methyl sites for hydroxylation is 1. The average molecular weight is 388 g/mol. The van der Waals surface area contributed by atoms with Crippen LogP contribution in [0, 0.1) is 17.0 Å². The van der Waals surface area contributed by atoms with E-state index in [1.54, 1.807) is 11.8 Å². The summed E-state index contributed by atoms with van der Waals surface area (Å²) in [5, 5.41) is 13.5. The highest BCUT2D eigenvalue weighted by atomic mass is 32.2. The lowest BCUT2D eigenvalue weighted by molar-refractivity contribution is -0.385. The van der Waals surface area contributed by atoms with E-state index in [9.17, 15) is 19.7 Å². The number of nitro groups is 1. The quantitative estimate of drug-likeness (QED) is 0.307. The summed E-state index contributed by atoms with van der Waals surface area (Å²) in [6.45, 7) is 1.62. The fraction of sp³-hybridized carbons (Fsp3) is 0.263. The van der Waals surface area contributed by atoms with Gasteiger partial charge in [-0.3, -0.25) is 14.9 Å². The number of nitro benzene ring substituents is 1. The Hall–Kier alpha value is -2.87. The van der Waals surface area contributed by atoms with Crippen molar-refractivity contribution in [2.75, 3.05) is 18.9 Å². The van der Waals surface area contributed by atoms with E-state index >= 15 is 0 Å². The first-order chi connectivity index (χ1) is 13.0. The van der Waals surface area contributed by atoms with Crippen molar-refractivity contribution in [3.8, 4) is 0 Å². The van der Waals surface area contributed by atoms with Gasteiger partial charge in [-0.15, -0.1) is 0 Å². The molecule has 1 amide bonds. The van der Waals surface area contributed by atoms with E-state index in [2.05, 4.69) is 5.32 Å². The van der Waals surface area contributed by atoms with Gasteiger partial charge in [-0.25, -0.2) is 4.79 Å². The number of nitrogens with zero attached hydrogens (tertiary/aromatic N) is 1. The molecule has 0 spiro atoms. The average Bonchev–Trinajstić information content (AvgIpc) is 2.66. The molecule has 0 saturated heterocycles. The van der Waals surface area contributed by atoms with Crippen LogP contribution in [0.15, 0.2) is 48.5 Å². The molecule has 0 radical (unpaired) electrons. The highest BCUT2D eigenvalue weighted by molar-refractivity contribution is 7.98. The molecule has 142 valence electrons. The van der Waals surface area contributed by atoms with Gasteiger partial charge < -0.3 is 10.1 Å². The molecule has 0 unspecified atom stereocenters. The summed E-state index contributed by atoms with van der Waals surface area (Å²) in [6.07, 6.45) is 0. The molecule has 27 heavy (non-hydrogen) atoms. The highest BCUT2D eigenvalue weighted by Gasteiger charge is 2.15. The van der Waals surface area contributed by atoms with Crippen molar-refractivity contribution in [1.29, 1.82) is 0 Å². The standard InChI is InChI=1S/C19H20N2O5S/c1-14-11-16(7-8-17(14)21(24)25)19(23)26-12-18(22)20-9-10-27-13-15-5-3-2-4-6-15/h2-8,11H,9-10,12-13H2,1H3,(H,20,22). The lowest BCUT2D eigenvalue weighted by Gasteiger charge is -2.07. The molecule has 0 aromatic heterocycles. The molecule has 2 aromatic carbocycles. The number of ether oxygens (including phenoxy) is 1. The van der Waals surface area contributed by atoms with Crippen molar-refractivity contribution in [2.24, 2.45) is 0 Å². The largest absolute Gasteiger partial charge is 0.452 e. The van der Waals surface area contributed by atoms with Crippen LogP contribution in [-0.4, -0.2) is 35.7 Å². The van der Waals surface area contributed by atoms with Crippen LogP contribution in [0.3, 0.4) is 0 Å². The Balaban J connectivity index is 1.67. The van der Waals surface area contributed by atoms with E-state index in [1.165, 1.54) is 30.7 Å². The Morgan fingerprint density at radius 1 is 1.19 bits per heavy atom. The summed E-state index contributed by atoms with van der Waals surface area (Å²) in [5.74, 6) is 0.533. The Bertz CT molecular complexity index is 811. The number of hydrogen-bond acceptors (Lipinski definition) is 6. The maximum Gasteiger partial charge on any atom is 0.338 e. The van der Waals surface area contributed by atoms with E-state index in [0.717, 1.165) is 11.5 Å². The van der Waals surface area contributed by atoms with Gasteiger partial charge in [0.05, 0.1) is 10.5 Å². The van der Waals surface area contributed by atoms with Crippen molar-refractivity contribution in [2.45, 2.75) is 12.7 Å². The van der Waals surface area contributed by atoms with Crippen molar-refractivity contribution < 1.29 is 19.2 Å². The molecular formula is C19H20N2O5S. The third-order valence-corrected chi connectivity index (χ3v) is 4.67. The van der Waals surface area contributed by atoms with Gasteiger partial charge in [0.2, 0.25) is 0 Å². The molecule has 2 rings (SSSR count). The molecule has 0 atom stereocenters. The minimum atomic E-state index is -0.693. The smallest absolute Gasteiger partial charge is 0.338 e. The van der Waals surface area contributed by atoms with Gasteiger partial charge in [-0.2, -0.15) is 11.8 Å². The number of rotatable bonds is 9. The predicted molar refractivity (Wildman–Crippen MR) is 104 cm³/mol. The minimum Gasteiger partial charge on any atom is -0.452 e. The number of hydrogen-bond donors (Lipinski definition) is 1. The Labute approximate surface area is 161 Å². The molecule has 0 aliphatic carbocycles. The Morgan fingerprint density at radius 3 is 2.59 bits per heavy atom. The van der Waals surface area contributed by atoms with Crippen molar-refractivity contribution >= 4 is 29.3 Å². The summed E-state index contributed by atoms with van der Waals surface area (Å²) < 4.78 is 4.94. The number of carbonyl (C=O) groups excluding carboxylic acids is 2. The number of carbonyl (C=O) groups is 2. The maximum atomic E-state index is 11.9. The number of amides is 1. The van der Waals surface area contributed by atoms with Crippen LogP contribution in [0.4, 0.5) is 5.69 Å². The van der Waals surface area contributed by atoms with Gasteiger partial charge in [0.15, 0.2) is 6.61 Å². The molecule has 0 fully saturated rings. The molecule has 1 N–H and O–H groups in total. The van der Waals surface area contributed by atoms with Crippen molar-refractivity contribution in [3.05, 3.63) is 75.3 Å². The topological polar surface area (TPSA) is 98.5 Å². The lowest BCUT2D eigenvalue weighted by atomic mass is 10.1. The SMILES string of the molecule is Cc1cc(C(=O)OCC(=O)NCCSCc2ccccc2)ccc1[N+](=O)[O-]. The molecule has 8 heteroatoms. The second kappa shape index (κ2) is 10.3. The summed E-state index contributed by atoms with van der Waals surface area (Å²) >= 11 is 1.70. The highest BCUT2D eigenvalue weighted by Crippen LogP contribution is 2.19. The Morgan fingerprint density at radius 2 is 1.93 bits per heavy atom. The number of benzene rings is 2. The monoisotopic (exact) mass is 388 g/mol. The maximum absolute atomic E-state index is 11.9. The molecule has 0 heterocycles. The van der Waals surface area contributed by atoms with Crippen LogP contribution in [0.5, 0.6) is 0 Å². The number of thioether (sulfide) groups is 1. The van der Waals surface area contributed by atoms with E-state index in [4.69, 9.17) is 4.74 Å². The second-order valence-corrected chi connectivity index (χ2v) is 6.83. The third kappa shape index (κ3) is 6.74. The van der Waals surface area contributed by atoms with E-state index in [0.29, 0.717) is 12.1 Å². The van der Waals surface area contributed by atoms with Crippen LogP contribution in [-0.2, 0) is 15.3 Å². The predicted octanol–water partition coefficient (Wildman–Crippen LogP) is 3.11. The molecule has 2 aromatic rings. The molecular weight excluding hydrogens is 368 g/mol. The zero-order chi connectivity index (χ0) is 19.6. The first kappa shape index (κ1) is 20.4. The summed E-state index contributed by atoms with van der Waals surface area (Å²) in [5.41, 5.74) is 1.68. The van der Waals surface area contributed by atoms with Gasteiger partial charge >= 0.3 is 5.97 Å². The fourth-order valence-electron chi connectivity index (χ4n) is 2.28. The van der Waals surface area contributed by atoms with Gasteiger partial charge in [-0.05, 0) is 24.6 Å². The van der Waals surface area contributed by atoms with Crippen LogP contribution in [0.1, 0.15) is 21.5 Å². The van der Waals surface area contributed by atoms with Gasteiger partial charge in [-0.1, -0.05) is 30.3 Å². The molecule has 7 nitrogen and oxygen atoms in total. The first-order valence-electron chi connectivity index (χ1n) is 8.28. The fourth-order valence-corrected chi connectivity index (χ4v) is 3.10. The summed E-state index contributed by atoms with van der Waals surface area (Å²) in [7, 11) is 0. The second-order valence-electron chi connectivity index (χ2n) is 5.72. The summed E-state index contributed by atoms with van der Waals surface area (Å²) in [6, 6.07) is 14.0. The molecule has 0 saturated carbocycles. The van der Waals surface area contributed by atoms with E-state index < -0.39 is 17.5 Å². The van der Waals surface area contributed by atoms with Gasteiger partial charge in [0, 0.05) is 29.7 Å².